The van der Waals surface area contributed by atoms with Crippen molar-refractivity contribution in [2.75, 3.05) is 0 Å². The average Bonchev–Trinajstić information content (AvgIpc) is 2.65. The van der Waals surface area contributed by atoms with E-state index in [-0.39, 0.29) is 5.60 Å². The van der Waals surface area contributed by atoms with Crippen LogP contribution < -0.4 is 0 Å². The van der Waals surface area contributed by atoms with E-state index in [1.54, 1.807) is 0 Å². The molecule has 0 fully saturated rings. The Morgan fingerprint density at radius 2 is 2.00 bits per heavy atom. The second-order valence-corrected chi connectivity index (χ2v) is 10.3. The second-order valence-electron chi connectivity index (χ2n) is 10.3. The zero-order valence-corrected chi connectivity index (χ0v) is 20.0. The molecule has 1 N–H and O–H groups in total. The highest BCUT2D eigenvalue weighted by molar-refractivity contribution is 5.31. The Bertz CT molecular complexity index is 610. The molecule has 0 saturated carbocycles. The van der Waals surface area contributed by atoms with Crippen molar-refractivity contribution in [3.8, 4) is 0 Å². The topological polar surface area (TPSA) is 29.5 Å². The van der Waals surface area contributed by atoms with Crippen LogP contribution in [0.5, 0.6) is 0 Å². The van der Waals surface area contributed by atoms with E-state index in [1.807, 2.05) is 6.92 Å². The van der Waals surface area contributed by atoms with Crippen molar-refractivity contribution in [1.82, 2.24) is 0 Å². The number of unbranched alkanes of at least 4 members (excludes halogenated alkanes) is 2. The molecule has 0 aromatic carbocycles. The van der Waals surface area contributed by atoms with Gasteiger partial charge in [-0.15, -0.1) is 0 Å². The zero-order valence-electron chi connectivity index (χ0n) is 20.0. The fourth-order valence-corrected chi connectivity index (χ4v) is 4.66. The summed E-state index contributed by atoms with van der Waals surface area (Å²) in [4.78, 5) is 0. The van der Waals surface area contributed by atoms with E-state index in [0.29, 0.717) is 11.8 Å². The van der Waals surface area contributed by atoms with Gasteiger partial charge in [0.25, 0.3) is 0 Å². The molecule has 0 radical (unpaired) electrons. The van der Waals surface area contributed by atoms with E-state index in [4.69, 9.17) is 4.74 Å². The lowest BCUT2D eigenvalue weighted by molar-refractivity contribution is -0.0261. The predicted octanol–water partition coefficient (Wildman–Crippen LogP) is 7.88. The molecule has 2 heteroatoms. The van der Waals surface area contributed by atoms with Crippen LogP contribution in [-0.2, 0) is 4.74 Å². The number of rotatable bonds is 11. The molecule has 4 atom stereocenters. The van der Waals surface area contributed by atoms with Crippen LogP contribution in [0.1, 0.15) is 112 Å². The Hall–Kier alpha value is -1.02. The highest BCUT2D eigenvalue weighted by Gasteiger charge is 2.35. The van der Waals surface area contributed by atoms with E-state index < -0.39 is 5.60 Å². The smallest absolute Gasteiger partial charge is 0.106 e. The lowest BCUT2D eigenvalue weighted by atomic mass is 9.80. The van der Waals surface area contributed by atoms with Crippen LogP contribution >= 0.6 is 0 Å². The fraction of sp³-hybridized carbons (Fsp3) is 0.778. The molecule has 0 bridgehead atoms. The van der Waals surface area contributed by atoms with Crippen molar-refractivity contribution in [2.45, 2.75) is 123 Å². The number of aliphatic hydroxyl groups is 1. The van der Waals surface area contributed by atoms with Gasteiger partial charge >= 0.3 is 0 Å². The molecule has 0 aromatic heterocycles. The van der Waals surface area contributed by atoms with Gasteiger partial charge in [0.05, 0.1) is 5.60 Å². The van der Waals surface area contributed by atoms with Crippen molar-refractivity contribution in [3.63, 3.8) is 0 Å². The lowest BCUT2D eigenvalue weighted by Crippen LogP contribution is -2.35. The molecule has 0 spiro atoms. The summed E-state index contributed by atoms with van der Waals surface area (Å²) in [5.74, 6) is 2.31. The minimum Gasteiger partial charge on any atom is -0.491 e. The van der Waals surface area contributed by atoms with Crippen molar-refractivity contribution in [2.24, 2.45) is 11.8 Å². The molecule has 2 aliphatic rings. The summed E-state index contributed by atoms with van der Waals surface area (Å²) in [6.45, 7) is 13.3. The van der Waals surface area contributed by atoms with Crippen LogP contribution in [0.2, 0.25) is 0 Å². The first-order valence-electron chi connectivity index (χ1n) is 12.1. The van der Waals surface area contributed by atoms with Crippen molar-refractivity contribution in [3.05, 3.63) is 35.1 Å². The first-order chi connectivity index (χ1) is 13.7. The second kappa shape index (κ2) is 10.8. The molecular formula is C27H46O2. The van der Waals surface area contributed by atoms with Gasteiger partial charge in [-0.05, 0) is 83.6 Å². The SMILES string of the molecule is CCCCCC(C)(O)CCCC(C)=CCCC1(C)CCC2=C(O1)C(C)C(C)C=C2. The van der Waals surface area contributed by atoms with Gasteiger partial charge < -0.3 is 9.84 Å². The van der Waals surface area contributed by atoms with Crippen molar-refractivity contribution >= 4 is 0 Å². The molecule has 4 unspecified atom stereocenters. The van der Waals surface area contributed by atoms with Crippen LogP contribution in [0.3, 0.4) is 0 Å². The largest absolute Gasteiger partial charge is 0.491 e. The molecule has 1 aliphatic carbocycles. The number of allylic oxidation sites excluding steroid dienone is 6. The monoisotopic (exact) mass is 402 g/mol. The highest BCUT2D eigenvalue weighted by Crippen LogP contribution is 2.42. The molecule has 29 heavy (non-hydrogen) atoms. The summed E-state index contributed by atoms with van der Waals surface area (Å²) in [6.07, 6.45) is 19.0. The van der Waals surface area contributed by atoms with E-state index >= 15 is 0 Å². The number of hydrogen-bond donors (Lipinski definition) is 1. The Morgan fingerprint density at radius 3 is 2.72 bits per heavy atom. The van der Waals surface area contributed by atoms with Gasteiger partial charge in [-0.25, -0.2) is 0 Å². The van der Waals surface area contributed by atoms with Gasteiger partial charge in [0.15, 0.2) is 0 Å². The number of ether oxygens (including phenoxy) is 1. The van der Waals surface area contributed by atoms with Gasteiger partial charge in [0, 0.05) is 5.92 Å². The summed E-state index contributed by atoms with van der Waals surface area (Å²) in [5, 5.41) is 10.5. The fourth-order valence-electron chi connectivity index (χ4n) is 4.66. The molecule has 166 valence electrons. The quantitative estimate of drug-likeness (QED) is 0.281. The first kappa shape index (κ1) is 24.3. The lowest BCUT2D eigenvalue weighted by Gasteiger charge is -2.41. The van der Waals surface area contributed by atoms with Gasteiger partial charge in [0.2, 0.25) is 0 Å². The standard InChI is InChI=1S/C27H46O2/c1-7-8-9-17-26(5,28)18-10-12-21(2)13-11-19-27(6)20-16-24-15-14-22(3)23(4)25(24)29-27/h13-15,22-23,28H,7-12,16-20H2,1-6H3. The van der Waals surface area contributed by atoms with Crippen molar-refractivity contribution in [1.29, 1.82) is 0 Å². The molecule has 2 rings (SSSR count). The van der Waals surface area contributed by atoms with E-state index in [0.717, 1.165) is 57.8 Å². The number of hydrogen-bond acceptors (Lipinski definition) is 2. The molecule has 2 nitrogen and oxygen atoms in total. The van der Waals surface area contributed by atoms with Gasteiger partial charge in [-0.3, -0.25) is 0 Å². The van der Waals surface area contributed by atoms with Crippen LogP contribution in [0.15, 0.2) is 35.1 Å². The molecule has 0 aromatic rings. The normalized spacial score (nSPS) is 29.4. The summed E-state index contributed by atoms with van der Waals surface area (Å²) in [6, 6.07) is 0. The highest BCUT2D eigenvalue weighted by atomic mass is 16.5. The maximum absolute atomic E-state index is 10.5. The summed E-state index contributed by atoms with van der Waals surface area (Å²) >= 11 is 0. The maximum atomic E-state index is 10.5. The maximum Gasteiger partial charge on any atom is 0.106 e. The van der Waals surface area contributed by atoms with Crippen LogP contribution in [0, 0.1) is 11.8 Å². The minimum atomic E-state index is -0.493. The van der Waals surface area contributed by atoms with Crippen LogP contribution in [0.25, 0.3) is 0 Å². The Labute approximate surface area is 180 Å². The zero-order chi connectivity index (χ0) is 21.5. The summed E-state index contributed by atoms with van der Waals surface area (Å²) < 4.78 is 6.58. The third-order valence-electron chi connectivity index (χ3n) is 7.17. The molecular weight excluding hydrogens is 356 g/mol. The molecule has 0 saturated heterocycles. The van der Waals surface area contributed by atoms with E-state index in [2.05, 4.69) is 52.8 Å². The Morgan fingerprint density at radius 1 is 1.28 bits per heavy atom. The van der Waals surface area contributed by atoms with E-state index in [9.17, 15) is 5.11 Å². The summed E-state index contributed by atoms with van der Waals surface area (Å²) in [5.41, 5.74) is 2.35. The summed E-state index contributed by atoms with van der Waals surface area (Å²) in [7, 11) is 0. The third-order valence-corrected chi connectivity index (χ3v) is 7.17. The average molecular weight is 403 g/mol. The third kappa shape index (κ3) is 7.63. The Kier molecular flexibility index (Phi) is 9.07. The minimum absolute atomic E-state index is 0.0300. The van der Waals surface area contributed by atoms with E-state index in [1.165, 1.54) is 29.7 Å². The van der Waals surface area contributed by atoms with Gasteiger partial charge in [0.1, 0.15) is 11.4 Å². The van der Waals surface area contributed by atoms with Gasteiger partial charge in [-0.1, -0.05) is 63.8 Å². The molecule has 0 amide bonds. The Balaban J connectivity index is 1.75. The van der Waals surface area contributed by atoms with Crippen molar-refractivity contribution < 1.29 is 9.84 Å². The predicted molar refractivity (Wildman–Crippen MR) is 125 cm³/mol. The first-order valence-corrected chi connectivity index (χ1v) is 12.1. The molecule has 1 heterocycles. The van der Waals surface area contributed by atoms with Crippen LogP contribution in [-0.4, -0.2) is 16.3 Å². The van der Waals surface area contributed by atoms with Crippen LogP contribution in [0.4, 0.5) is 0 Å². The van der Waals surface area contributed by atoms with Gasteiger partial charge in [-0.2, -0.15) is 0 Å². The molecule has 1 aliphatic heterocycles.